The zero-order valence-electron chi connectivity index (χ0n) is 11.1. The van der Waals surface area contributed by atoms with Crippen LogP contribution in [0.2, 0.25) is 0 Å². The molecule has 3 atom stereocenters. The highest BCUT2D eigenvalue weighted by molar-refractivity contribution is 8.03. The third-order valence-electron chi connectivity index (χ3n) is 3.67. The number of aliphatic hydroxyl groups is 1. The Balaban J connectivity index is 1.89. The molecule has 1 aromatic rings. The second kappa shape index (κ2) is 5.12. The van der Waals surface area contributed by atoms with Gasteiger partial charge in [-0.25, -0.2) is 14.8 Å². The summed E-state index contributed by atoms with van der Waals surface area (Å²) in [5.74, 6) is -1.99. The van der Waals surface area contributed by atoms with Gasteiger partial charge in [0.05, 0.1) is 18.1 Å². The van der Waals surface area contributed by atoms with Gasteiger partial charge in [0.2, 0.25) is 5.91 Å². The lowest BCUT2D eigenvalue weighted by molar-refractivity contribution is -0.161. The van der Waals surface area contributed by atoms with Gasteiger partial charge in [0.1, 0.15) is 17.1 Å². The largest absolute Gasteiger partial charge is 0.477 e. The Morgan fingerprint density at radius 1 is 1.57 bits per heavy atom. The number of carboxylic acids is 1. The van der Waals surface area contributed by atoms with Crippen molar-refractivity contribution in [1.82, 2.24) is 14.9 Å². The highest BCUT2D eigenvalue weighted by Gasteiger charge is 2.56. The van der Waals surface area contributed by atoms with E-state index in [-0.39, 0.29) is 17.6 Å². The molecule has 2 aliphatic rings. The molecule has 0 radical (unpaired) electrons. The number of fused-ring (bicyclic) bond motifs is 1. The van der Waals surface area contributed by atoms with E-state index in [1.165, 1.54) is 23.0 Å². The van der Waals surface area contributed by atoms with Crippen molar-refractivity contribution in [2.45, 2.75) is 30.5 Å². The first-order valence-corrected chi connectivity index (χ1v) is 7.23. The molecule has 3 unspecified atom stereocenters. The number of amides is 1. The van der Waals surface area contributed by atoms with Gasteiger partial charge in [-0.3, -0.25) is 4.79 Å². The average molecular weight is 307 g/mol. The minimum atomic E-state index is -1.13. The van der Waals surface area contributed by atoms with Crippen molar-refractivity contribution in [2.75, 3.05) is 0 Å². The fourth-order valence-corrected chi connectivity index (χ4v) is 3.81. The topological polar surface area (TPSA) is 104 Å². The number of aliphatic hydroxyl groups excluding tert-OH is 1. The second-order valence-corrected chi connectivity index (χ2v) is 6.09. The molecule has 1 aromatic heterocycles. The van der Waals surface area contributed by atoms with Crippen molar-refractivity contribution < 1.29 is 19.8 Å². The first kappa shape index (κ1) is 14.0. The summed E-state index contributed by atoms with van der Waals surface area (Å²) in [6, 6.07) is 1.41. The third kappa shape index (κ3) is 2.20. The summed E-state index contributed by atoms with van der Waals surface area (Å²) in [4.78, 5) is 33.2. The van der Waals surface area contributed by atoms with E-state index in [4.69, 9.17) is 0 Å². The average Bonchev–Trinajstić information content (AvgIpc) is 2.74. The summed E-state index contributed by atoms with van der Waals surface area (Å²) in [5.41, 5.74) is 0.00510. The predicted octanol–water partition coefficient (Wildman–Crippen LogP) is 0.476. The first-order valence-electron chi connectivity index (χ1n) is 6.42. The molecule has 1 amide bonds. The Bertz CT molecular complexity index is 632. The van der Waals surface area contributed by atoms with Gasteiger partial charge < -0.3 is 15.1 Å². The van der Waals surface area contributed by atoms with Gasteiger partial charge in [0, 0.05) is 17.5 Å². The van der Waals surface area contributed by atoms with Crippen LogP contribution in [0.15, 0.2) is 34.2 Å². The van der Waals surface area contributed by atoms with Gasteiger partial charge in [0.25, 0.3) is 0 Å². The fourth-order valence-electron chi connectivity index (χ4n) is 2.79. The van der Waals surface area contributed by atoms with E-state index in [0.29, 0.717) is 16.4 Å². The standard InChI is InChI=1S/C13H13N3O4S/c1-6(17)10-7-4-8(21-9-2-3-14-5-15-9)11(13(19)20)16(7)12(10)18/h2-3,5-7,10,17H,4H2,1H3,(H,19,20). The van der Waals surface area contributed by atoms with Crippen LogP contribution in [-0.4, -0.2) is 49.1 Å². The summed E-state index contributed by atoms with van der Waals surface area (Å²) in [6.45, 7) is 1.55. The summed E-state index contributed by atoms with van der Waals surface area (Å²) in [7, 11) is 0. The second-order valence-electron chi connectivity index (χ2n) is 4.97. The minimum Gasteiger partial charge on any atom is -0.477 e. The van der Waals surface area contributed by atoms with Crippen molar-refractivity contribution in [1.29, 1.82) is 0 Å². The Morgan fingerprint density at radius 3 is 2.90 bits per heavy atom. The SMILES string of the molecule is CC(O)C1C(=O)N2C(C(=O)O)=C(Sc3ccncn3)CC12. The number of aromatic nitrogens is 2. The highest BCUT2D eigenvalue weighted by atomic mass is 32.2. The van der Waals surface area contributed by atoms with Crippen molar-refractivity contribution >= 4 is 23.6 Å². The lowest BCUT2D eigenvalue weighted by Crippen LogP contribution is -2.61. The van der Waals surface area contributed by atoms with E-state index in [9.17, 15) is 19.8 Å². The Morgan fingerprint density at radius 2 is 2.33 bits per heavy atom. The number of carbonyl (C=O) groups is 2. The fraction of sp³-hybridized carbons (Fsp3) is 0.385. The summed E-state index contributed by atoms with van der Waals surface area (Å²) in [6.07, 6.45) is 2.61. The number of hydrogen-bond donors (Lipinski definition) is 2. The zero-order valence-corrected chi connectivity index (χ0v) is 11.9. The van der Waals surface area contributed by atoms with E-state index in [0.717, 1.165) is 0 Å². The van der Waals surface area contributed by atoms with E-state index >= 15 is 0 Å². The smallest absolute Gasteiger partial charge is 0.353 e. The van der Waals surface area contributed by atoms with Crippen LogP contribution in [-0.2, 0) is 9.59 Å². The number of carbonyl (C=O) groups excluding carboxylic acids is 1. The van der Waals surface area contributed by atoms with Crippen LogP contribution in [0.25, 0.3) is 0 Å². The molecular weight excluding hydrogens is 294 g/mol. The Hall–Kier alpha value is -1.93. The molecule has 0 aromatic carbocycles. The zero-order chi connectivity index (χ0) is 15.1. The molecule has 2 aliphatic heterocycles. The van der Waals surface area contributed by atoms with Gasteiger partial charge in [-0.05, 0) is 13.0 Å². The van der Waals surface area contributed by atoms with Gasteiger partial charge in [-0.15, -0.1) is 0 Å². The van der Waals surface area contributed by atoms with Gasteiger partial charge in [0.15, 0.2) is 0 Å². The molecule has 21 heavy (non-hydrogen) atoms. The molecule has 1 saturated heterocycles. The lowest BCUT2D eigenvalue weighted by atomic mass is 9.83. The van der Waals surface area contributed by atoms with Gasteiger partial charge in [-0.2, -0.15) is 0 Å². The molecule has 7 nitrogen and oxygen atoms in total. The van der Waals surface area contributed by atoms with Crippen LogP contribution in [0.4, 0.5) is 0 Å². The maximum absolute atomic E-state index is 12.0. The summed E-state index contributed by atoms with van der Waals surface area (Å²) >= 11 is 1.22. The molecular formula is C13H13N3O4S. The number of thioether (sulfide) groups is 1. The van der Waals surface area contributed by atoms with Crippen molar-refractivity contribution in [3.63, 3.8) is 0 Å². The summed E-state index contributed by atoms with van der Waals surface area (Å²) < 4.78 is 0. The molecule has 110 valence electrons. The maximum Gasteiger partial charge on any atom is 0.353 e. The molecule has 3 heterocycles. The maximum atomic E-state index is 12.0. The molecule has 0 bridgehead atoms. The molecule has 3 rings (SSSR count). The van der Waals surface area contributed by atoms with Gasteiger partial charge >= 0.3 is 5.97 Å². The van der Waals surface area contributed by atoms with Crippen molar-refractivity contribution in [2.24, 2.45) is 5.92 Å². The van der Waals surface area contributed by atoms with Crippen LogP contribution in [0.1, 0.15) is 13.3 Å². The number of hydrogen-bond acceptors (Lipinski definition) is 6. The van der Waals surface area contributed by atoms with E-state index in [1.54, 1.807) is 19.2 Å². The Labute approximate surface area is 124 Å². The van der Waals surface area contributed by atoms with Crippen molar-refractivity contribution in [3.05, 3.63) is 29.2 Å². The quantitative estimate of drug-likeness (QED) is 0.615. The van der Waals surface area contributed by atoms with Crippen LogP contribution in [0, 0.1) is 5.92 Å². The van der Waals surface area contributed by atoms with Crippen LogP contribution in [0.5, 0.6) is 0 Å². The molecule has 0 spiro atoms. The molecule has 0 saturated carbocycles. The molecule has 2 N–H and O–H groups in total. The number of β-lactam (4-membered cyclic amide) rings is 1. The number of carboxylic acid groups (broad SMARTS) is 1. The van der Waals surface area contributed by atoms with Crippen LogP contribution >= 0.6 is 11.8 Å². The van der Waals surface area contributed by atoms with Gasteiger partial charge in [-0.1, -0.05) is 11.8 Å². The first-order chi connectivity index (χ1) is 10.0. The van der Waals surface area contributed by atoms with E-state index < -0.39 is 18.0 Å². The number of aliphatic carboxylic acids is 1. The van der Waals surface area contributed by atoms with Crippen LogP contribution in [0.3, 0.4) is 0 Å². The Kier molecular flexibility index (Phi) is 3.42. The normalized spacial score (nSPS) is 25.6. The van der Waals surface area contributed by atoms with E-state index in [2.05, 4.69) is 9.97 Å². The number of rotatable bonds is 4. The third-order valence-corrected chi connectivity index (χ3v) is 4.73. The minimum absolute atomic E-state index is 0.00510. The molecule has 1 fully saturated rings. The highest BCUT2D eigenvalue weighted by Crippen LogP contribution is 2.48. The van der Waals surface area contributed by atoms with E-state index in [1.807, 2.05) is 0 Å². The summed E-state index contributed by atoms with van der Waals surface area (Å²) in [5, 5.41) is 19.6. The molecule has 8 heteroatoms. The lowest BCUT2D eigenvalue weighted by Gasteiger charge is -2.44. The van der Waals surface area contributed by atoms with Crippen LogP contribution < -0.4 is 0 Å². The molecule has 0 aliphatic carbocycles. The predicted molar refractivity (Wildman–Crippen MR) is 73.0 cm³/mol. The van der Waals surface area contributed by atoms with Crippen molar-refractivity contribution in [3.8, 4) is 0 Å². The monoisotopic (exact) mass is 307 g/mol. The number of nitrogens with zero attached hydrogens (tertiary/aromatic N) is 3.